The number of aromatic hydroxyl groups is 2. The van der Waals surface area contributed by atoms with Crippen molar-refractivity contribution in [3.8, 4) is 22.9 Å². The van der Waals surface area contributed by atoms with Crippen LogP contribution in [0.5, 0.6) is 11.5 Å². The molecule has 6 N–H and O–H groups in total. The van der Waals surface area contributed by atoms with E-state index in [0.717, 1.165) is 45.8 Å². The van der Waals surface area contributed by atoms with Crippen LogP contribution in [0.1, 0.15) is 11.4 Å². The van der Waals surface area contributed by atoms with E-state index in [1.54, 1.807) is 0 Å². The number of azo groups is 2. The molecule has 0 aliphatic carbocycles. The number of sulfonamides is 2. The Balaban J connectivity index is 0.000000310. The zero-order chi connectivity index (χ0) is 42.7. The molecule has 24 nitrogen and oxygen atoms in total. The van der Waals surface area contributed by atoms with Crippen molar-refractivity contribution in [3.05, 3.63) is 137 Å². The molecule has 2 aromatic heterocycles. The van der Waals surface area contributed by atoms with Crippen LogP contribution in [0.3, 0.4) is 0 Å². The number of phenolic OH excluding ortho intramolecular Hbond substituents is 2. The normalized spacial score (nSPS) is 11.4. The van der Waals surface area contributed by atoms with Crippen molar-refractivity contribution in [1.82, 2.24) is 19.6 Å². The minimum atomic E-state index is -3.98. The molecule has 28 heteroatoms. The third-order valence-corrected chi connectivity index (χ3v) is 9.43. The van der Waals surface area contributed by atoms with Gasteiger partial charge in [-0.05, 0) is 48.5 Å². The Morgan fingerprint density at radius 2 is 1.00 bits per heavy atom. The van der Waals surface area contributed by atoms with Crippen LogP contribution in [0.4, 0.5) is 34.1 Å². The summed E-state index contributed by atoms with van der Waals surface area (Å²) in [6.07, 6.45) is 0. The van der Waals surface area contributed by atoms with Crippen molar-refractivity contribution in [2.24, 2.45) is 30.7 Å². The molecule has 0 spiro atoms. The van der Waals surface area contributed by atoms with Gasteiger partial charge < -0.3 is 30.0 Å². The van der Waals surface area contributed by atoms with Gasteiger partial charge in [0.1, 0.15) is 34.0 Å². The molecular weight excluding hydrogens is 884 g/mol. The minimum Gasteiger partial charge on any atom is -0.506 e. The van der Waals surface area contributed by atoms with Gasteiger partial charge >= 0.3 is 29.6 Å². The van der Waals surface area contributed by atoms with Gasteiger partial charge in [0.2, 0.25) is 20.0 Å². The quantitative estimate of drug-likeness (QED) is 0.0487. The zero-order valence-corrected chi connectivity index (χ0v) is 35.8. The fraction of sp³-hybridized carbons (Fsp3) is 0.0625. The number of aromatic nitrogens is 4. The number of rotatable bonds is 10. The van der Waals surface area contributed by atoms with Crippen molar-refractivity contribution < 1.29 is 83.8 Å². The standard InChI is InChI=1S/2C16H13N6O6S.Cr.Na/c2*1-9-15(19-18-13-8-11(22(25)26)5-6-14(13)23)16(24)21(20-9)10-3-2-4-12(7-10)29(17,27)28;;/h2*2-8,23H,1H3,(H2,17,27,28);;/q2*-1;;+1. The number of benzene rings is 4. The Hall–Kier alpha value is -6.15. The van der Waals surface area contributed by atoms with Crippen molar-refractivity contribution in [2.45, 2.75) is 23.6 Å². The molecule has 0 fully saturated rings. The van der Waals surface area contributed by atoms with Crippen molar-refractivity contribution in [2.75, 3.05) is 0 Å². The van der Waals surface area contributed by atoms with E-state index in [-0.39, 0.29) is 125 Å². The number of nitro groups is 2. The summed E-state index contributed by atoms with van der Waals surface area (Å²) < 4.78 is 47.9. The van der Waals surface area contributed by atoms with Crippen LogP contribution < -0.4 is 51.0 Å². The number of phenols is 2. The van der Waals surface area contributed by atoms with Gasteiger partial charge in [0.25, 0.3) is 11.4 Å². The third kappa shape index (κ3) is 11.1. The molecule has 4 aromatic carbocycles. The Kier molecular flexibility index (Phi) is 15.5. The van der Waals surface area contributed by atoms with Crippen LogP contribution in [0.2, 0.25) is 0 Å². The first-order valence-electron chi connectivity index (χ1n) is 15.7. The fourth-order valence-corrected chi connectivity index (χ4v) is 5.89. The van der Waals surface area contributed by atoms with Crippen molar-refractivity contribution in [3.63, 3.8) is 0 Å². The summed E-state index contributed by atoms with van der Waals surface area (Å²) in [6.45, 7) is 2.95. The van der Waals surface area contributed by atoms with Crippen LogP contribution in [0.25, 0.3) is 11.4 Å². The smallest absolute Gasteiger partial charge is 0.506 e. The van der Waals surface area contributed by atoms with Crippen LogP contribution in [0, 0.1) is 34.1 Å². The van der Waals surface area contributed by atoms with Gasteiger partial charge in [-0.2, -0.15) is 10.2 Å². The molecule has 0 aliphatic heterocycles. The predicted octanol–water partition coefficient (Wildman–Crippen LogP) is 0.874. The topological polar surface area (TPSA) is 366 Å². The summed E-state index contributed by atoms with van der Waals surface area (Å²) in [5.74, 6) is -0.726. The monoisotopic (exact) mass is 909 g/mol. The molecule has 0 atom stereocenters. The average Bonchev–Trinajstić information content (AvgIpc) is 3.61. The summed E-state index contributed by atoms with van der Waals surface area (Å²) >= 11 is 0. The molecule has 2 heterocycles. The van der Waals surface area contributed by atoms with E-state index in [2.05, 4.69) is 30.7 Å². The average molecular weight is 910 g/mol. The zero-order valence-electron chi connectivity index (χ0n) is 30.9. The number of hydrogen-bond donors (Lipinski definition) is 4. The SMILES string of the molecule is Cc1nn(-c2cccc(S(N)(=O)=O)c2)c(=O)[c-]1N=Nc1cc([N+](=O)[O-])ccc1O.Cc1nn(-c2cccc(S(N)(=O)=O)c2)c(=O)[c-]1N=Nc1cc([N+](=O)[O-])ccc1O.[Cr].[Na+]. The van der Waals surface area contributed by atoms with Gasteiger partial charge in [-0.3, -0.25) is 20.2 Å². The summed E-state index contributed by atoms with van der Waals surface area (Å²) in [4.78, 5) is 45.2. The summed E-state index contributed by atoms with van der Waals surface area (Å²) in [6, 6.07) is 16.9. The first kappa shape index (κ1) is 48.2. The number of aryl methyl sites for hydroxylation is 2. The van der Waals surface area contributed by atoms with Crippen molar-refractivity contribution in [1.29, 1.82) is 0 Å². The number of primary sulfonamides is 2. The van der Waals surface area contributed by atoms with E-state index >= 15 is 0 Å². The molecule has 0 bridgehead atoms. The molecule has 6 aromatic rings. The number of non-ortho nitro benzene ring substituents is 2. The summed E-state index contributed by atoms with van der Waals surface area (Å²) in [5.41, 5.74) is -2.19. The predicted molar refractivity (Wildman–Crippen MR) is 201 cm³/mol. The minimum absolute atomic E-state index is 0. The maximum atomic E-state index is 12.6. The van der Waals surface area contributed by atoms with E-state index < -0.39 is 41.0 Å². The molecule has 60 heavy (non-hydrogen) atoms. The first-order valence-corrected chi connectivity index (χ1v) is 18.8. The first-order chi connectivity index (χ1) is 27.1. The van der Waals surface area contributed by atoms with Crippen LogP contribution >= 0.6 is 0 Å². The van der Waals surface area contributed by atoms with E-state index in [1.165, 1.54) is 62.4 Å². The molecule has 0 amide bonds. The van der Waals surface area contributed by atoms with Gasteiger partial charge in [-0.1, -0.05) is 37.4 Å². The van der Waals surface area contributed by atoms with E-state index in [4.69, 9.17) is 10.3 Å². The van der Waals surface area contributed by atoms with E-state index in [0.29, 0.717) is 0 Å². The molecular formula is C32H26CrN12NaO12S2-. The molecule has 306 valence electrons. The molecule has 0 unspecified atom stereocenters. The number of nitrogens with two attached hydrogens (primary N) is 2. The number of nitro benzene ring substituents is 2. The second kappa shape index (κ2) is 19.3. The van der Waals surface area contributed by atoms with Gasteiger partial charge in [-0.25, -0.2) is 46.7 Å². The van der Waals surface area contributed by atoms with Gasteiger partial charge in [0.05, 0.1) is 31.0 Å². The van der Waals surface area contributed by atoms with E-state index in [9.17, 15) is 56.9 Å². The number of hydrogen-bond acceptors (Lipinski definition) is 18. The van der Waals surface area contributed by atoms with Crippen LogP contribution in [-0.2, 0) is 37.4 Å². The van der Waals surface area contributed by atoms with Crippen molar-refractivity contribution >= 4 is 54.2 Å². The maximum absolute atomic E-state index is 12.6. The largest absolute Gasteiger partial charge is 1.00 e. The second-order valence-electron chi connectivity index (χ2n) is 11.6. The van der Waals surface area contributed by atoms with Gasteiger partial charge in [0.15, 0.2) is 0 Å². The number of nitrogens with zero attached hydrogens (tertiary/aromatic N) is 10. The molecule has 0 aliphatic rings. The Morgan fingerprint density at radius 3 is 1.32 bits per heavy atom. The van der Waals surface area contributed by atoms with Gasteiger partial charge in [-0.15, -0.1) is 11.4 Å². The van der Waals surface area contributed by atoms with E-state index in [1.807, 2.05) is 0 Å². The Morgan fingerprint density at radius 1 is 0.650 bits per heavy atom. The molecule has 0 saturated heterocycles. The molecule has 0 saturated carbocycles. The summed E-state index contributed by atoms with van der Waals surface area (Å²) in [5, 5.41) is 74.4. The summed E-state index contributed by atoms with van der Waals surface area (Å²) in [7, 11) is -7.96. The fourth-order valence-electron chi connectivity index (χ4n) is 4.78. The maximum Gasteiger partial charge on any atom is 1.00 e. The van der Waals surface area contributed by atoms with Crippen LogP contribution in [-0.4, -0.2) is 56.5 Å². The Bertz CT molecular complexity index is 2830. The second-order valence-corrected chi connectivity index (χ2v) is 14.8. The third-order valence-electron chi connectivity index (χ3n) is 7.61. The Labute approximate surface area is 369 Å². The van der Waals surface area contributed by atoms with Crippen LogP contribution in [0.15, 0.2) is 125 Å². The molecule has 0 radical (unpaired) electrons. The van der Waals surface area contributed by atoms with Gasteiger partial charge in [0, 0.05) is 41.6 Å². The molecule has 6 rings (SSSR count).